The third-order valence-corrected chi connectivity index (χ3v) is 1.45. The average molecular weight is 254 g/mol. The van der Waals surface area contributed by atoms with E-state index in [9.17, 15) is 10.2 Å². The summed E-state index contributed by atoms with van der Waals surface area (Å²) < 4.78 is 0. The maximum absolute atomic E-state index is 9.28. The zero-order valence-electron chi connectivity index (χ0n) is 9.35. The van der Waals surface area contributed by atoms with Crippen LogP contribution in [0.3, 0.4) is 0 Å². The van der Waals surface area contributed by atoms with Gasteiger partial charge in [0.1, 0.15) is 28.8 Å². The van der Waals surface area contributed by atoms with Crippen molar-refractivity contribution in [3.8, 4) is 0 Å². The fourth-order valence-electron chi connectivity index (χ4n) is 0.875. The highest BCUT2D eigenvalue weighted by Crippen LogP contribution is 2.05. The Hall–Kier alpha value is -2.76. The zero-order valence-corrected chi connectivity index (χ0v) is 9.35. The largest absolute Gasteiger partial charge is 0.515 e. The third-order valence-electron chi connectivity index (χ3n) is 1.45. The SMILES string of the molecule is C=C(O)/C=C(O)/C=C(O)/C=C(O)/C=C(O)/C=C/O. The molecule has 0 amide bonds. The minimum absolute atomic E-state index is 0.407. The van der Waals surface area contributed by atoms with Crippen molar-refractivity contribution in [2.24, 2.45) is 0 Å². The Bertz CT molecular complexity index is 451. The van der Waals surface area contributed by atoms with E-state index in [4.69, 9.17) is 20.4 Å². The molecule has 0 saturated heterocycles. The van der Waals surface area contributed by atoms with Crippen LogP contribution in [-0.4, -0.2) is 30.6 Å². The Kier molecular flexibility index (Phi) is 6.35. The Morgan fingerprint density at radius 3 is 1.44 bits per heavy atom. The van der Waals surface area contributed by atoms with Crippen LogP contribution < -0.4 is 0 Å². The van der Waals surface area contributed by atoms with Crippen molar-refractivity contribution in [2.75, 3.05) is 0 Å². The monoisotopic (exact) mass is 254 g/mol. The van der Waals surface area contributed by atoms with Crippen LogP contribution in [0, 0.1) is 0 Å². The van der Waals surface area contributed by atoms with Crippen LogP contribution in [0.5, 0.6) is 0 Å². The molecule has 0 aromatic carbocycles. The fraction of sp³-hybridized carbons (Fsp3) is 0. The first kappa shape index (κ1) is 15.2. The lowest BCUT2D eigenvalue weighted by Crippen LogP contribution is -1.85. The summed E-state index contributed by atoms with van der Waals surface area (Å²) in [5.74, 6) is -2.38. The first-order valence-corrected chi connectivity index (χ1v) is 4.66. The molecule has 0 aromatic rings. The molecule has 0 fully saturated rings. The van der Waals surface area contributed by atoms with Gasteiger partial charge < -0.3 is 30.6 Å². The molecule has 0 atom stereocenters. The summed E-state index contributed by atoms with van der Waals surface area (Å²) in [5.41, 5.74) is 0. The van der Waals surface area contributed by atoms with Gasteiger partial charge >= 0.3 is 0 Å². The van der Waals surface area contributed by atoms with Crippen LogP contribution in [-0.2, 0) is 0 Å². The van der Waals surface area contributed by atoms with Gasteiger partial charge in [-0.15, -0.1) is 0 Å². The summed E-state index contributed by atoms with van der Waals surface area (Å²) in [7, 11) is 0. The van der Waals surface area contributed by atoms with Gasteiger partial charge in [-0.1, -0.05) is 6.58 Å². The van der Waals surface area contributed by atoms with Crippen molar-refractivity contribution < 1.29 is 30.6 Å². The molecule has 0 aromatic heterocycles. The highest BCUT2D eigenvalue weighted by atomic mass is 16.3. The Balaban J connectivity index is 4.92. The van der Waals surface area contributed by atoms with Crippen LogP contribution in [0.15, 0.2) is 72.0 Å². The molecule has 0 aliphatic rings. The molecule has 6 heteroatoms. The van der Waals surface area contributed by atoms with Crippen LogP contribution in [0.1, 0.15) is 0 Å². The fourth-order valence-corrected chi connectivity index (χ4v) is 0.875. The minimum atomic E-state index is -0.528. The van der Waals surface area contributed by atoms with Crippen LogP contribution >= 0.6 is 0 Å². The quantitative estimate of drug-likeness (QED) is 0.331. The summed E-state index contributed by atoms with van der Waals surface area (Å²) in [4.78, 5) is 0. The predicted molar refractivity (Wildman–Crippen MR) is 66.4 cm³/mol. The molecule has 0 unspecified atom stereocenters. The van der Waals surface area contributed by atoms with Gasteiger partial charge in [-0.2, -0.15) is 0 Å². The topological polar surface area (TPSA) is 121 Å². The summed E-state index contributed by atoms with van der Waals surface area (Å²) in [6.07, 6.45) is 4.86. The van der Waals surface area contributed by atoms with Gasteiger partial charge in [0.05, 0.1) is 6.26 Å². The predicted octanol–water partition coefficient (Wildman–Crippen LogP) is 2.90. The van der Waals surface area contributed by atoms with Crippen molar-refractivity contribution >= 4 is 0 Å². The van der Waals surface area contributed by atoms with Gasteiger partial charge in [0.15, 0.2) is 0 Å². The Labute approximate surface area is 103 Å². The molecule has 0 aliphatic carbocycles. The van der Waals surface area contributed by atoms with Crippen molar-refractivity contribution in [2.45, 2.75) is 0 Å². The van der Waals surface area contributed by atoms with Gasteiger partial charge in [-0.05, 0) is 0 Å². The molecular weight excluding hydrogens is 240 g/mol. The van der Waals surface area contributed by atoms with E-state index in [2.05, 4.69) is 6.58 Å². The van der Waals surface area contributed by atoms with Crippen LogP contribution in [0.4, 0.5) is 0 Å². The number of allylic oxidation sites excluding steroid dienone is 5. The first-order valence-electron chi connectivity index (χ1n) is 4.66. The maximum atomic E-state index is 9.28. The number of aliphatic hydroxyl groups excluding tert-OH is 6. The standard InChI is InChI=1S/C12H14O6/c1-8(14)4-10(16)6-12(18)7-11(17)5-9(15)2-3-13/h2-7,13-18H,1H2/b3-2+,9-5-,10-4-,11-7-,12-6-. The van der Waals surface area contributed by atoms with Gasteiger partial charge in [-0.3, -0.25) is 0 Å². The van der Waals surface area contributed by atoms with E-state index in [1.165, 1.54) is 0 Å². The summed E-state index contributed by atoms with van der Waals surface area (Å²) >= 11 is 0. The van der Waals surface area contributed by atoms with E-state index in [1.54, 1.807) is 0 Å². The molecule has 6 N–H and O–H groups in total. The molecule has 0 bridgehead atoms. The van der Waals surface area contributed by atoms with Gasteiger partial charge in [0.25, 0.3) is 0 Å². The summed E-state index contributed by atoms with van der Waals surface area (Å²) in [5, 5.41) is 53.8. The molecule has 0 rings (SSSR count). The van der Waals surface area contributed by atoms with Gasteiger partial charge in [0, 0.05) is 30.4 Å². The average Bonchev–Trinajstić information content (AvgIpc) is 2.14. The molecule has 0 radical (unpaired) electrons. The summed E-state index contributed by atoms with van der Waals surface area (Å²) in [6.45, 7) is 3.09. The highest BCUT2D eigenvalue weighted by molar-refractivity contribution is 5.30. The molecular formula is C12H14O6. The van der Waals surface area contributed by atoms with Crippen LogP contribution in [0.25, 0.3) is 0 Å². The highest BCUT2D eigenvalue weighted by Gasteiger charge is 1.96. The van der Waals surface area contributed by atoms with Crippen molar-refractivity contribution in [1.29, 1.82) is 0 Å². The third kappa shape index (κ3) is 7.52. The van der Waals surface area contributed by atoms with E-state index in [-0.39, 0.29) is 0 Å². The lowest BCUT2D eigenvalue weighted by Gasteiger charge is -1.96. The minimum Gasteiger partial charge on any atom is -0.515 e. The van der Waals surface area contributed by atoms with Gasteiger partial charge in [0.2, 0.25) is 0 Å². The number of rotatable bonds is 5. The molecule has 0 spiro atoms. The Morgan fingerprint density at radius 2 is 1.06 bits per heavy atom. The van der Waals surface area contributed by atoms with E-state index in [0.717, 1.165) is 30.4 Å². The normalized spacial score (nSPS) is 15.1. The second-order valence-electron chi connectivity index (χ2n) is 3.08. The smallest absolute Gasteiger partial charge is 0.122 e. The molecule has 0 heterocycles. The lowest BCUT2D eigenvalue weighted by atomic mass is 10.3. The van der Waals surface area contributed by atoms with E-state index >= 15 is 0 Å². The van der Waals surface area contributed by atoms with Crippen LogP contribution in [0.2, 0.25) is 0 Å². The molecule has 18 heavy (non-hydrogen) atoms. The number of hydrogen-bond acceptors (Lipinski definition) is 6. The Morgan fingerprint density at radius 1 is 0.667 bits per heavy atom. The summed E-state index contributed by atoms with van der Waals surface area (Å²) in [6, 6.07) is 0. The second kappa shape index (κ2) is 7.50. The molecule has 6 nitrogen and oxygen atoms in total. The lowest BCUT2D eigenvalue weighted by molar-refractivity contribution is 0.383. The molecule has 98 valence electrons. The zero-order chi connectivity index (χ0) is 14.1. The van der Waals surface area contributed by atoms with Crippen molar-refractivity contribution in [3.05, 3.63) is 72.0 Å². The van der Waals surface area contributed by atoms with E-state index in [0.29, 0.717) is 6.26 Å². The van der Waals surface area contributed by atoms with Crippen molar-refractivity contribution in [3.63, 3.8) is 0 Å². The number of aliphatic hydroxyl groups is 6. The molecule has 0 aliphatic heterocycles. The van der Waals surface area contributed by atoms with E-state index < -0.39 is 28.8 Å². The molecule has 0 saturated carbocycles. The maximum Gasteiger partial charge on any atom is 0.122 e. The van der Waals surface area contributed by atoms with E-state index in [1.807, 2.05) is 0 Å². The second-order valence-corrected chi connectivity index (χ2v) is 3.08. The number of hydrogen-bond donors (Lipinski definition) is 6. The first-order chi connectivity index (χ1) is 8.35. The van der Waals surface area contributed by atoms with Gasteiger partial charge in [-0.25, -0.2) is 0 Å². The van der Waals surface area contributed by atoms with Crippen molar-refractivity contribution in [1.82, 2.24) is 0 Å².